The lowest BCUT2D eigenvalue weighted by molar-refractivity contribution is 0.282. The summed E-state index contributed by atoms with van der Waals surface area (Å²) >= 11 is 0. The van der Waals surface area contributed by atoms with E-state index < -0.39 is 0 Å². The Kier molecular flexibility index (Phi) is 2.23. The van der Waals surface area contributed by atoms with Crippen molar-refractivity contribution in [2.45, 2.75) is 32.3 Å². The molecule has 2 heteroatoms. The van der Waals surface area contributed by atoms with Crippen molar-refractivity contribution in [2.24, 2.45) is 0 Å². The highest BCUT2D eigenvalue weighted by atomic mass is 16.3. The molecule has 0 amide bonds. The van der Waals surface area contributed by atoms with Crippen molar-refractivity contribution in [3.8, 4) is 0 Å². The zero-order valence-electron chi connectivity index (χ0n) is 7.71. The first-order valence-electron chi connectivity index (χ1n) is 4.83. The molecule has 0 aliphatic heterocycles. The maximum Gasteiger partial charge on any atom is 0.0702 e. The Morgan fingerprint density at radius 1 is 1.23 bits per heavy atom. The first-order chi connectivity index (χ1) is 6.33. The summed E-state index contributed by atoms with van der Waals surface area (Å²) in [5, 5.41) is 9.04. The Balaban J connectivity index is 2.48. The zero-order chi connectivity index (χ0) is 9.26. The molecule has 0 atom stereocenters. The summed E-state index contributed by atoms with van der Waals surface area (Å²) in [5.74, 6) is 0. The van der Waals surface area contributed by atoms with Gasteiger partial charge in [0.1, 0.15) is 0 Å². The highest BCUT2D eigenvalue weighted by Crippen LogP contribution is 2.28. The molecule has 0 saturated carbocycles. The largest absolute Gasteiger partial charge is 0.398 e. The van der Waals surface area contributed by atoms with Crippen LogP contribution in [0.5, 0.6) is 0 Å². The smallest absolute Gasteiger partial charge is 0.0702 e. The number of aryl methyl sites for hydroxylation is 1. The quantitative estimate of drug-likeness (QED) is 0.640. The summed E-state index contributed by atoms with van der Waals surface area (Å²) in [4.78, 5) is 0. The van der Waals surface area contributed by atoms with Crippen molar-refractivity contribution in [1.29, 1.82) is 0 Å². The van der Waals surface area contributed by atoms with Gasteiger partial charge in [0.25, 0.3) is 0 Å². The summed E-state index contributed by atoms with van der Waals surface area (Å²) in [6, 6.07) is 4.05. The molecule has 0 bridgehead atoms. The van der Waals surface area contributed by atoms with Crippen LogP contribution in [-0.2, 0) is 19.4 Å². The van der Waals surface area contributed by atoms with Gasteiger partial charge in [0.2, 0.25) is 0 Å². The monoisotopic (exact) mass is 177 g/mol. The molecule has 3 N–H and O–H groups in total. The molecular formula is C11H15NO. The molecule has 2 rings (SSSR count). The fourth-order valence-corrected chi connectivity index (χ4v) is 2.04. The van der Waals surface area contributed by atoms with E-state index in [0.717, 1.165) is 24.1 Å². The maximum absolute atomic E-state index is 9.04. The second-order valence-corrected chi connectivity index (χ2v) is 3.64. The molecule has 0 aromatic heterocycles. The first kappa shape index (κ1) is 8.57. The van der Waals surface area contributed by atoms with Gasteiger partial charge in [-0.05, 0) is 36.8 Å². The molecule has 1 aromatic rings. The van der Waals surface area contributed by atoms with Crippen molar-refractivity contribution < 1.29 is 5.11 Å². The fourth-order valence-electron chi connectivity index (χ4n) is 2.04. The van der Waals surface area contributed by atoms with Gasteiger partial charge in [-0.3, -0.25) is 0 Å². The van der Waals surface area contributed by atoms with Gasteiger partial charge in [0, 0.05) is 11.3 Å². The predicted octanol–water partition coefficient (Wildman–Crippen LogP) is 1.64. The van der Waals surface area contributed by atoms with Crippen LogP contribution < -0.4 is 5.73 Å². The topological polar surface area (TPSA) is 46.2 Å². The summed E-state index contributed by atoms with van der Waals surface area (Å²) in [6.45, 7) is 0.0547. The van der Waals surface area contributed by atoms with E-state index in [1.807, 2.05) is 6.07 Å². The molecule has 0 radical (unpaired) electrons. The van der Waals surface area contributed by atoms with Crippen LogP contribution in [0, 0.1) is 0 Å². The molecule has 0 unspecified atom stereocenters. The van der Waals surface area contributed by atoms with Crippen molar-refractivity contribution in [2.75, 3.05) is 5.73 Å². The minimum atomic E-state index is 0.0547. The summed E-state index contributed by atoms with van der Waals surface area (Å²) < 4.78 is 0. The average molecular weight is 177 g/mol. The Labute approximate surface area is 78.4 Å². The highest BCUT2D eigenvalue weighted by Gasteiger charge is 2.13. The van der Waals surface area contributed by atoms with Gasteiger partial charge in [-0.2, -0.15) is 0 Å². The number of benzene rings is 1. The van der Waals surface area contributed by atoms with Gasteiger partial charge in [-0.25, -0.2) is 0 Å². The van der Waals surface area contributed by atoms with Gasteiger partial charge in [0.15, 0.2) is 0 Å². The highest BCUT2D eigenvalue weighted by molar-refractivity contribution is 5.57. The van der Waals surface area contributed by atoms with Crippen LogP contribution in [0.15, 0.2) is 12.1 Å². The molecule has 0 spiro atoms. The number of anilines is 1. The lowest BCUT2D eigenvalue weighted by atomic mass is 9.89. The van der Waals surface area contributed by atoms with Crippen LogP contribution in [-0.4, -0.2) is 5.11 Å². The predicted molar refractivity (Wildman–Crippen MR) is 53.4 cm³/mol. The van der Waals surface area contributed by atoms with E-state index in [0.29, 0.717) is 0 Å². The van der Waals surface area contributed by atoms with Crippen LogP contribution in [0.1, 0.15) is 29.5 Å². The van der Waals surface area contributed by atoms with Crippen LogP contribution >= 0.6 is 0 Å². The second-order valence-electron chi connectivity index (χ2n) is 3.64. The molecule has 1 aromatic carbocycles. The standard InChI is InChI=1S/C11H15NO/c12-11-9(7-13)6-5-8-3-1-2-4-10(8)11/h5-6,13H,1-4,7,12H2. The van der Waals surface area contributed by atoms with E-state index >= 15 is 0 Å². The number of rotatable bonds is 1. The fraction of sp³-hybridized carbons (Fsp3) is 0.455. The third-order valence-electron chi connectivity index (χ3n) is 2.84. The summed E-state index contributed by atoms with van der Waals surface area (Å²) in [6.07, 6.45) is 4.72. The Morgan fingerprint density at radius 3 is 2.77 bits per heavy atom. The average Bonchev–Trinajstić information content (AvgIpc) is 2.19. The van der Waals surface area contributed by atoms with Gasteiger partial charge in [-0.1, -0.05) is 12.1 Å². The van der Waals surface area contributed by atoms with E-state index in [-0.39, 0.29) is 6.61 Å². The van der Waals surface area contributed by atoms with E-state index in [9.17, 15) is 0 Å². The SMILES string of the molecule is Nc1c(CO)ccc2c1CCCC2. The third-order valence-corrected chi connectivity index (χ3v) is 2.84. The third kappa shape index (κ3) is 1.42. The minimum Gasteiger partial charge on any atom is -0.398 e. The van der Waals surface area contributed by atoms with Crippen LogP contribution in [0.4, 0.5) is 5.69 Å². The molecule has 2 nitrogen and oxygen atoms in total. The number of nitrogens with two attached hydrogens (primary N) is 1. The number of hydrogen-bond donors (Lipinski definition) is 2. The summed E-state index contributed by atoms with van der Waals surface area (Å²) in [7, 11) is 0. The molecule has 0 fully saturated rings. The molecular weight excluding hydrogens is 162 g/mol. The first-order valence-corrected chi connectivity index (χ1v) is 4.83. The Morgan fingerprint density at radius 2 is 2.00 bits per heavy atom. The molecule has 1 aliphatic rings. The van der Waals surface area contributed by atoms with Crippen molar-refractivity contribution in [3.63, 3.8) is 0 Å². The van der Waals surface area contributed by atoms with Gasteiger partial charge in [-0.15, -0.1) is 0 Å². The van der Waals surface area contributed by atoms with Gasteiger partial charge >= 0.3 is 0 Å². The number of aliphatic hydroxyl groups excluding tert-OH is 1. The number of fused-ring (bicyclic) bond motifs is 1. The molecule has 0 heterocycles. The number of nitrogen functional groups attached to an aromatic ring is 1. The Bertz CT molecular complexity index is 320. The van der Waals surface area contributed by atoms with Crippen molar-refractivity contribution in [1.82, 2.24) is 0 Å². The van der Waals surface area contributed by atoms with Gasteiger partial charge < -0.3 is 10.8 Å². The maximum atomic E-state index is 9.04. The minimum absolute atomic E-state index is 0.0547. The Hall–Kier alpha value is -1.02. The van der Waals surface area contributed by atoms with E-state index in [1.165, 1.54) is 24.0 Å². The lowest BCUT2D eigenvalue weighted by Crippen LogP contribution is -2.08. The molecule has 0 saturated heterocycles. The zero-order valence-corrected chi connectivity index (χ0v) is 7.71. The summed E-state index contributed by atoms with van der Waals surface area (Å²) in [5.41, 5.74) is 10.3. The lowest BCUT2D eigenvalue weighted by Gasteiger charge is -2.19. The molecule has 13 heavy (non-hydrogen) atoms. The normalized spacial score (nSPS) is 15.5. The molecule has 70 valence electrons. The van der Waals surface area contributed by atoms with Gasteiger partial charge in [0.05, 0.1) is 6.61 Å². The second kappa shape index (κ2) is 3.38. The van der Waals surface area contributed by atoms with Crippen LogP contribution in [0.2, 0.25) is 0 Å². The van der Waals surface area contributed by atoms with E-state index in [1.54, 1.807) is 0 Å². The number of aliphatic hydroxyl groups is 1. The van der Waals surface area contributed by atoms with E-state index in [4.69, 9.17) is 10.8 Å². The van der Waals surface area contributed by atoms with Crippen LogP contribution in [0.25, 0.3) is 0 Å². The van der Waals surface area contributed by atoms with Crippen molar-refractivity contribution >= 4 is 5.69 Å². The molecule has 1 aliphatic carbocycles. The van der Waals surface area contributed by atoms with E-state index in [2.05, 4.69) is 6.07 Å². The van der Waals surface area contributed by atoms with Crippen LogP contribution in [0.3, 0.4) is 0 Å². The number of hydrogen-bond acceptors (Lipinski definition) is 2. The van der Waals surface area contributed by atoms with Crippen molar-refractivity contribution in [3.05, 3.63) is 28.8 Å².